The van der Waals surface area contributed by atoms with Crippen LogP contribution in [-0.2, 0) is 17.5 Å². The van der Waals surface area contributed by atoms with Gasteiger partial charge in [-0.2, -0.15) is 13.2 Å². The second-order valence-corrected chi connectivity index (χ2v) is 9.32. The lowest BCUT2D eigenvalue weighted by molar-refractivity contribution is -0.138. The molecular formula is C30H36F3N5O2. The van der Waals surface area contributed by atoms with Crippen molar-refractivity contribution in [1.29, 1.82) is 5.41 Å². The van der Waals surface area contributed by atoms with Crippen LogP contribution in [0.4, 0.5) is 24.5 Å². The maximum atomic E-state index is 13.2. The number of carbonyl (C=O) groups excluding carboxylic acids is 1. The van der Waals surface area contributed by atoms with Crippen LogP contribution in [0.1, 0.15) is 23.6 Å². The highest BCUT2D eigenvalue weighted by molar-refractivity contribution is 5.87. The van der Waals surface area contributed by atoms with Crippen molar-refractivity contribution in [3.63, 3.8) is 0 Å². The van der Waals surface area contributed by atoms with Crippen LogP contribution < -0.4 is 15.8 Å². The van der Waals surface area contributed by atoms with Gasteiger partial charge in [0, 0.05) is 62.9 Å². The molecule has 4 rings (SSSR count). The molecule has 0 unspecified atom stereocenters. The van der Waals surface area contributed by atoms with Crippen LogP contribution in [0.5, 0.6) is 5.75 Å². The third-order valence-corrected chi connectivity index (χ3v) is 6.76. The van der Waals surface area contributed by atoms with Crippen molar-refractivity contribution >= 4 is 23.9 Å². The summed E-state index contributed by atoms with van der Waals surface area (Å²) in [6, 6.07) is 17.4. The topological polar surface area (TPSA) is 94.7 Å². The molecule has 4 N–H and O–H groups in total. The van der Waals surface area contributed by atoms with Crippen LogP contribution in [0.15, 0.2) is 60.7 Å². The molecule has 1 aliphatic heterocycles. The Morgan fingerprint density at radius 3 is 2.20 bits per heavy atom. The second kappa shape index (κ2) is 14.5. The number of alkyl halides is 3. The number of nitrogens with zero attached hydrogens (tertiary/aromatic N) is 2. The number of likely N-dealkylation sites (N-methyl/N-ethyl adjacent to an activating group) is 1. The molecule has 10 heteroatoms. The number of carbonyl (C=O) groups is 1. The molecule has 1 saturated heterocycles. The number of aldehydes is 1. The van der Waals surface area contributed by atoms with Gasteiger partial charge in [-0.3, -0.25) is 9.69 Å². The van der Waals surface area contributed by atoms with Gasteiger partial charge in [-0.15, -0.1) is 0 Å². The molecule has 0 amide bonds. The fourth-order valence-electron chi connectivity index (χ4n) is 4.39. The summed E-state index contributed by atoms with van der Waals surface area (Å²) in [4.78, 5) is 14.6. The fourth-order valence-corrected chi connectivity index (χ4v) is 4.39. The van der Waals surface area contributed by atoms with E-state index in [1.807, 2.05) is 24.3 Å². The molecule has 1 fully saturated rings. The Kier molecular flexibility index (Phi) is 11.1. The van der Waals surface area contributed by atoms with Crippen LogP contribution in [-0.4, -0.2) is 68.7 Å². The molecular weight excluding hydrogens is 519 g/mol. The molecule has 3 aromatic rings. The zero-order valence-electron chi connectivity index (χ0n) is 22.8. The largest absolute Gasteiger partial charge is 0.486 e. The quantitative estimate of drug-likeness (QED) is 0.186. The van der Waals surface area contributed by atoms with Crippen molar-refractivity contribution in [2.24, 2.45) is 0 Å². The van der Waals surface area contributed by atoms with Gasteiger partial charge in [0.05, 0.1) is 5.56 Å². The molecule has 40 heavy (non-hydrogen) atoms. The van der Waals surface area contributed by atoms with Gasteiger partial charge in [-0.05, 0) is 59.6 Å². The fraction of sp³-hybridized carbons (Fsp3) is 0.333. The minimum absolute atomic E-state index is 0.0547. The van der Waals surface area contributed by atoms with Crippen molar-refractivity contribution < 1.29 is 22.7 Å². The van der Waals surface area contributed by atoms with Crippen LogP contribution in [0, 0.1) is 5.41 Å². The van der Waals surface area contributed by atoms with Crippen molar-refractivity contribution in [3.05, 3.63) is 77.4 Å². The second-order valence-electron chi connectivity index (χ2n) is 9.32. The first kappa shape index (κ1) is 30.6. The monoisotopic (exact) mass is 555 g/mol. The van der Waals surface area contributed by atoms with Gasteiger partial charge in [0.1, 0.15) is 12.4 Å². The van der Waals surface area contributed by atoms with Crippen molar-refractivity contribution in [2.45, 2.75) is 19.6 Å². The Labute approximate surface area is 233 Å². The van der Waals surface area contributed by atoms with Crippen molar-refractivity contribution in [3.8, 4) is 16.9 Å². The summed E-state index contributed by atoms with van der Waals surface area (Å²) < 4.78 is 44.7. The highest BCUT2D eigenvalue weighted by atomic mass is 19.4. The summed E-state index contributed by atoms with van der Waals surface area (Å²) in [6.45, 7) is 7.00. The van der Waals surface area contributed by atoms with E-state index < -0.39 is 11.7 Å². The molecule has 3 aromatic carbocycles. The molecule has 0 bridgehead atoms. The Morgan fingerprint density at radius 2 is 1.62 bits per heavy atom. The third kappa shape index (κ3) is 8.56. The molecule has 1 aliphatic rings. The molecule has 0 spiro atoms. The van der Waals surface area contributed by atoms with Gasteiger partial charge in [0.25, 0.3) is 0 Å². The number of hydrogen-bond acceptors (Lipinski definition) is 7. The maximum absolute atomic E-state index is 13.2. The summed E-state index contributed by atoms with van der Waals surface area (Å²) in [5.74, 6) is 0.651. The summed E-state index contributed by atoms with van der Waals surface area (Å²) in [5.41, 5.74) is 9.32. The van der Waals surface area contributed by atoms with Gasteiger partial charge < -0.3 is 26.1 Å². The zero-order valence-corrected chi connectivity index (χ0v) is 22.8. The number of benzene rings is 3. The zero-order chi connectivity index (χ0) is 29.1. The SMILES string of the molecule is CCN1CCN(Cc2ccc(NC)cc2C(F)(F)F)CC1.N=Cc1cc(-c2ccc(OCC=O)cc2)ccc1N. The number of anilines is 2. The van der Waals surface area contributed by atoms with Gasteiger partial charge in [-0.1, -0.05) is 31.2 Å². The van der Waals surface area contributed by atoms with Crippen molar-refractivity contribution in [1.82, 2.24) is 9.80 Å². The highest BCUT2D eigenvalue weighted by Gasteiger charge is 2.34. The van der Waals surface area contributed by atoms with Gasteiger partial charge >= 0.3 is 6.18 Å². The smallest absolute Gasteiger partial charge is 0.416 e. The van der Waals surface area contributed by atoms with Gasteiger partial charge in [0.15, 0.2) is 6.29 Å². The molecule has 0 saturated carbocycles. The summed E-state index contributed by atoms with van der Waals surface area (Å²) in [6.07, 6.45) is -2.36. The Balaban J connectivity index is 0.000000222. The Hall–Kier alpha value is -3.89. The van der Waals surface area contributed by atoms with Crippen LogP contribution >= 0.6 is 0 Å². The Morgan fingerprint density at radius 1 is 0.975 bits per heavy atom. The highest BCUT2D eigenvalue weighted by Crippen LogP contribution is 2.34. The minimum Gasteiger partial charge on any atom is -0.486 e. The van der Waals surface area contributed by atoms with E-state index in [9.17, 15) is 18.0 Å². The van der Waals surface area contributed by atoms with E-state index in [-0.39, 0.29) is 6.61 Å². The number of halogens is 3. The lowest BCUT2D eigenvalue weighted by Crippen LogP contribution is -2.45. The molecule has 1 heterocycles. The molecule has 0 radical (unpaired) electrons. The van der Waals surface area contributed by atoms with E-state index in [1.54, 1.807) is 37.4 Å². The first-order chi connectivity index (χ1) is 19.2. The van der Waals surface area contributed by atoms with E-state index >= 15 is 0 Å². The molecule has 0 aliphatic carbocycles. The molecule has 214 valence electrons. The molecule has 7 nitrogen and oxygen atoms in total. The number of nitrogen functional groups attached to an aromatic ring is 1. The number of rotatable bonds is 9. The standard InChI is InChI=1S/C15H22F3N3.C15H14N2O2/c1-3-20-6-8-21(9-7-20)11-12-4-5-13(19-2)10-14(12)15(16,17)18;16-10-13-9-12(3-6-15(13)17)11-1-4-14(5-2-11)19-8-7-18/h4-5,10,19H,3,6-9,11H2,1-2H3;1-7,9-10,16H,8,17H2. The van der Waals surface area contributed by atoms with Crippen molar-refractivity contribution in [2.75, 3.05) is 57.4 Å². The number of ether oxygens (including phenoxy) is 1. The summed E-state index contributed by atoms with van der Waals surface area (Å²) in [7, 11) is 1.62. The normalized spacial score (nSPS) is 14.1. The minimum atomic E-state index is -4.31. The van der Waals surface area contributed by atoms with E-state index in [1.165, 1.54) is 12.3 Å². The van der Waals surface area contributed by atoms with Gasteiger partial charge in [0.2, 0.25) is 0 Å². The number of hydrogen-bond donors (Lipinski definition) is 3. The first-order valence-corrected chi connectivity index (χ1v) is 13.1. The molecule has 0 aromatic heterocycles. The van der Waals surface area contributed by atoms with E-state index in [4.69, 9.17) is 15.9 Å². The molecule has 0 atom stereocenters. The average molecular weight is 556 g/mol. The predicted molar refractivity (Wildman–Crippen MR) is 154 cm³/mol. The third-order valence-electron chi connectivity index (χ3n) is 6.76. The van der Waals surface area contributed by atoms with Gasteiger partial charge in [-0.25, -0.2) is 0 Å². The Bertz CT molecular complexity index is 1260. The van der Waals surface area contributed by atoms with E-state index in [2.05, 4.69) is 22.0 Å². The summed E-state index contributed by atoms with van der Waals surface area (Å²) in [5, 5.41) is 10.1. The number of nitrogens with one attached hydrogen (secondary N) is 2. The van der Waals surface area contributed by atoms with Crippen LogP contribution in [0.2, 0.25) is 0 Å². The predicted octanol–water partition coefficient (Wildman–Crippen LogP) is 5.40. The van der Waals surface area contributed by atoms with E-state index in [0.29, 0.717) is 41.1 Å². The lowest BCUT2D eigenvalue weighted by Gasteiger charge is -2.34. The van der Waals surface area contributed by atoms with Crippen LogP contribution in [0.25, 0.3) is 11.1 Å². The van der Waals surface area contributed by atoms with E-state index in [0.717, 1.165) is 43.9 Å². The summed E-state index contributed by atoms with van der Waals surface area (Å²) >= 11 is 0. The average Bonchev–Trinajstić information content (AvgIpc) is 2.97. The lowest BCUT2D eigenvalue weighted by atomic mass is 10.0. The van der Waals surface area contributed by atoms with Crippen LogP contribution in [0.3, 0.4) is 0 Å². The maximum Gasteiger partial charge on any atom is 0.416 e. The number of piperazine rings is 1. The number of nitrogens with two attached hydrogens (primary N) is 1. The first-order valence-electron chi connectivity index (χ1n) is 13.1.